The van der Waals surface area contributed by atoms with Crippen LogP contribution in [0.1, 0.15) is 29.6 Å². The summed E-state index contributed by atoms with van der Waals surface area (Å²) in [5.74, 6) is -0.978. The first-order valence-electron chi connectivity index (χ1n) is 5.52. The number of carbonyl (C=O) groups excluding carboxylic acids is 2. The first-order valence-corrected chi connectivity index (χ1v) is 5.52. The molecule has 0 aliphatic carbocycles. The topological polar surface area (TPSA) is 109 Å². The molecule has 0 saturated heterocycles. The van der Waals surface area contributed by atoms with Crippen molar-refractivity contribution in [3.05, 3.63) is 30.1 Å². The fourth-order valence-electron chi connectivity index (χ4n) is 1.42. The number of nitrogens with zero attached hydrogens (tertiary/aromatic N) is 2. The number of nitrogens with one attached hydrogen (secondary N) is 1. The van der Waals surface area contributed by atoms with E-state index >= 15 is 0 Å². The van der Waals surface area contributed by atoms with Crippen LogP contribution in [0.5, 0.6) is 0 Å². The number of unbranched alkanes of at least 4 members (excludes halogenated alkanes) is 1. The standard InChI is InChI=1S/C12H14N4O2/c13-6-2-1-3-10(11(14)17)16-12(18)9-4-7-15-8-5-9/h4-5,7-8,10H,1-3H2,(H2,14,17)(H,16,18)/t10-/m1/s1. The maximum atomic E-state index is 11.8. The molecule has 1 atom stereocenters. The first-order chi connectivity index (χ1) is 8.65. The molecule has 6 heteroatoms. The zero-order valence-electron chi connectivity index (χ0n) is 9.80. The zero-order valence-corrected chi connectivity index (χ0v) is 9.80. The van der Waals surface area contributed by atoms with Gasteiger partial charge >= 0.3 is 0 Å². The molecule has 1 heterocycles. The Morgan fingerprint density at radius 2 is 2.11 bits per heavy atom. The highest BCUT2D eigenvalue weighted by molar-refractivity contribution is 5.97. The molecule has 0 saturated carbocycles. The van der Waals surface area contributed by atoms with Gasteiger partial charge in [0.2, 0.25) is 5.91 Å². The summed E-state index contributed by atoms with van der Waals surface area (Å²) < 4.78 is 0. The predicted octanol–water partition coefficient (Wildman–Crippen LogP) is 0.359. The number of rotatable bonds is 6. The lowest BCUT2D eigenvalue weighted by atomic mass is 10.1. The quantitative estimate of drug-likeness (QED) is 0.706. The molecule has 0 bridgehead atoms. The number of nitrogens with two attached hydrogens (primary N) is 1. The van der Waals surface area contributed by atoms with Crippen LogP contribution in [0.15, 0.2) is 24.5 Å². The first kappa shape index (κ1) is 13.6. The second-order valence-corrected chi connectivity index (χ2v) is 3.71. The van der Waals surface area contributed by atoms with Crippen LogP contribution in [0.4, 0.5) is 0 Å². The summed E-state index contributed by atoms with van der Waals surface area (Å²) in [4.78, 5) is 26.7. The Morgan fingerprint density at radius 1 is 1.44 bits per heavy atom. The van der Waals surface area contributed by atoms with Gasteiger partial charge in [-0.3, -0.25) is 14.6 Å². The molecule has 6 nitrogen and oxygen atoms in total. The molecule has 3 N–H and O–H groups in total. The monoisotopic (exact) mass is 246 g/mol. The molecular formula is C12H14N4O2. The number of carbonyl (C=O) groups is 2. The second-order valence-electron chi connectivity index (χ2n) is 3.71. The van der Waals surface area contributed by atoms with Crippen LogP contribution in [-0.2, 0) is 4.79 Å². The van der Waals surface area contributed by atoms with E-state index in [0.717, 1.165) is 0 Å². The van der Waals surface area contributed by atoms with Crippen LogP contribution >= 0.6 is 0 Å². The van der Waals surface area contributed by atoms with E-state index in [9.17, 15) is 9.59 Å². The smallest absolute Gasteiger partial charge is 0.252 e. The van der Waals surface area contributed by atoms with Crippen molar-refractivity contribution in [1.82, 2.24) is 10.3 Å². The average Bonchev–Trinajstić information content (AvgIpc) is 2.38. The lowest BCUT2D eigenvalue weighted by Crippen LogP contribution is -2.44. The Labute approximate surface area is 105 Å². The highest BCUT2D eigenvalue weighted by Gasteiger charge is 2.18. The molecule has 0 aliphatic heterocycles. The Morgan fingerprint density at radius 3 is 2.67 bits per heavy atom. The number of pyridine rings is 1. The van der Waals surface area contributed by atoms with Crippen LogP contribution < -0.4 is 11.1 Å². The fourth-order valence-corrected chi connectivity index (χ4v) is 1.42. The van der Waals surface area contributed by atoms with E-state index in [1.54, 1.807) is 12.1 Å². The SMILES string of the molecule is N#CCCC[C@@H](NC(=O)c1ccncc1)C(N)=O. The third kappa shape index (κ3) is 4.22. The van der Waals surface area contributed by atoms with E-state index in [2.05, 4.69) is 10.3 Å². The van der Waals surface area contributed by atoms with Crippen LogP contribution in [0.25, 0.3) is 0 Å². The summed E-state index contributed by atoms with van der Waals surface area (Å²) in [5, 5.41) is 11.0. The Kier molecular flexibility index (Phi) is 5.32. The van der Waals surface area contributed by atoms with Crippen molar-refractivity contribution in [2.45, 2.75) is 25.3 Å². The molecule has 0 radical (unpaired) electrons. The minimum Gasteiger partial charge on any atom is -0.368 e. The lowest BCUT2D eigenvalue weighted by molar-refractivity contribution is -0.120. The number of aromatic nitrogens is 1. The van der Waals surface area contributed by atoms with Gasteiger partial charge in [0.1, 0.15) is 6.04 Å². The van der Waals surface area contributed by atoms with E-state index in [4.69, 9.17) is 11.0 Å². The maximum Gasteiger partial charge on any atom is 0.252 e. The van der Waals surface area contributed by atoms with Crippen molar-refractivity contribution in [2.75, 3.05) is 0 Å². The van der Waals surface area contributed by atoms with Crippen molar-refractivity contribution in [1.29, 1.82) is 5.26 Å². The van der Waals surface area contributed by atoms with Crippen LogP contribution in [0, 0.1) is 11.3 Å². The maximum absolute atomic E-state index is 11.8. The van der Waals surface area contributed by atoms with E-state index < -0.39 is 11.9 Å². The van der Waals surface area contributed by atoms with Crippen molar-refractivity contribution in [3.63, 3.8) is 0 Å². The number of primary amides is 1. The summed E-state index contributed by atoms with van der Waals surface area (Å²) >= 11 is 0. The van der Waals surface area contributed by atoms with Gasteiger partial charge in [0.15, 0.2) is 0 Å². The molecule has 1 aromatic heterocycles. The van der Waals surface area contributed by atoms with Gasteiger partial charge in [-0.1, -0.05) is 0 Å². The van der Waals surface area contributed by atoms with Gasteiger partial charge in [-0.25, -0.2) is 0 Å². The van der Waals surface area contributed by atoms with Crippen LogP contribution in [0.3, 0.4) is 0 Å². The number of hydrogen-bond acceptors (Lipinski definition) is 4. The molecule has 18 heavy (non-hydrogen) atoms. The molecule has 1 aromatic rings. The minimum absolute atomic E-state index is 0.328. The van der Waals surface area contributed by atoms with Gasteiger partial charge in [0.05, 0.1) is 6.07 Å². The normalized spacial score (nSPS) is 11.3. The van der Waals surface area contributed by atoms with Gasteiger partial charge in [-0.2, -0.15) is 5.26 Å². The van der Waals surface area contributed by atoms with Crippen molar-refractivity contribution >= 4 is 11.8 Å². The van der Waals surface area contributed by atoms with E-state index in [-0.39, 0.29) is 5.91 Å². The Balaban J connectivity index is 2.59. The molecule has 0 spiro atoms. The number of hydrogen-bond donors (Lipinski definition) is 2. The van der Waals surface area contributed by atoms with Crippen molar-refractivity contribution < 1.29 is 9.59 Å². The molecule has 0 aliphatic rings. The van der Waals surface area contributed by atoms with E-state index in [0.29, 0.717) is 24.8 Å². The largest absolute Gasteiger partial charge is 0.368 e. The zero-order chi connectivity index (χ0) is 13.4. The number of amides is 2. The third-order valence-corrected chi connectivity index (χ3v) is 2.37. The summed E-state index contributed by atoms with van der Waals surface area (Å²) in [6.07, 6.45) is 4.18. The second kappa shape index (κ2) is 7.01. The van der Waals surface area contributed by atoms with Gasteiger partial charge in [0, 0.05) is 24.4 Å². The summed E-state index contributed by atoms with van der Waals surface area (Å²) in [6.45, 7) is 0. The van der Waals surface area contributed by atoms with Gasteiger partial charge in [-0.05, 0) is 25.0 Å². The summed E-state index contributed by atoms with van der Waals surface area (Å²) in [5.41, 5.74) is 5.61. The highest BCUT2D eigenvalue weighted by atomic mass is 16.2. The molecule has 0 aromatic carbocycles. The minimum atomic E-state index is -0.751. The van der Waals surface area contributed by atoms with E-state index in [1.807, 2.05) is 6.07 Å². The summed E-state index contributed by atoms with van der Waals surface area (Å²) in [7, 11) is 0. The van der Waals surface area contributed by atoms with Crippen LogP contribution in [0.2, 0.25) is 0 Å². The van der Waals surface area contributed by atoms with Crippen molar-refractivity contribution in [2.24, 2.45) is 5.73 Å². The Bertz CT molecular complexity index is 453. The average molecular weight is 246 g/mol. The van der Waals surface area contributed by atoms with Gasteiger partial charge < -0.3 is 11.1 Å². The molecular weight excluding hydrogens is 232 g/mol. The van der Waals surface area contributed by atoms with Crippen LogP contribution in [-0.4, -0.2) is 22.8 Å². The molecule has 94 valence electrons. The lowest BCUT2D eigenvalue weighted by Gasteiger charge is -2.14. The van der Waals surface area contributed by atoms with Crippen molar-refractivity contribution in [3.8, 4) is 6.07 Å². The third-order valence-electron chi connectivity index (χ3n) is 2.37. The molecule has 2 amide bonds. The predicted molar refractivity (Wildman–Crippen MR) is 64.1 cm³/mol. The number of nitriles is 1. The van der Waals surface area contributed by atoms with E-state index in [1.165, 1.54) is 12.4 Å². The Hall–Kier alpha value is -2.42. The highest BCUT2D eigenvalue weighted by Crippen LogP contribution is 2.03. The molecule has 1 rings (SSSR count). The van der Waals surface area contributed by atoms with Gasteiger partial charge in [-0.15, -0.1) is 0 Å². The molecule has 0 unspecified atom stereocenters. The summed E-state index contributed by atoms with van der Waals surface area (Å²) in [6, 6.07) is 4.31. The molecule has 0 fully saturated rings. The van der Waals surface area contributed by atoms with Gasteiger partial charge in [0.25, 0.3) is 5.91 Å². The fraction of sp³-hybridized carbons (Fsp3) is 0.333.